The van der Waals surface area contributed by atoms with Crippen molar-refractivity contribution >= 4 is 0 Å². The number of rotatable bonds is 0. The van der Waals surface area contributed by atoms with Gasteiger partial charge in [-0.25, -0.2) is 15.0 Å². The van der Waals surface area contributed by atoms with Crippen molar-refractivity contribution in [2.45, 2.75) is 6.92 Å². The van der Waals surface area contributed by atoms with Gasteiger partial charge in [-0.05, 0) is 6.92 Å². The number of nitrogens with zero attached hydrogens (tertiary/aromatic N) is 4. The van der Waals surface area contributed by atoms with Crippen molar-refractivity contribution < 1.29 is 0 Å². The van der Waals surface area contributed by atoms with E-state index in [1.54, 1.807) is 6.33 Å². The second kappa shape index (κ2) is 2.02. The maximum atomic E-state index is 4.09. The average Bonchev–Trinajstić information content (AvgIpc) is 2.45. The molecule has 0 N–H and O–H groups in total. The van der Waals surface area contributed by atoms with Gasteiger partial charge < -0.3 is 4.57 Å². The van der Waals surface area contributed by atoms with E-state index in [1.807, 2.05) is 18.5 Å². The predicted octanol–water partition coefficient (Wildman–Crippen LogP) is 0.623. The van der Waals surface area contributed by atoms with Gasteiger partial charge in [0.2, 0.25) is 0 Å². The average molecular weight is 148 g/mol. The van der Waals surface area contributed by atoms with Gasteiger partial charge in [0.05, 0.1) is 6.33 Å². The minimum absolute atomic E-state index is 0.723. The van der Waals surface area contributed by atoms with Crippen molar-refractivity contribution in [1.82, 2.24) is 19.5 Å². The Balaban J connectivity index is 2.81. The predicted molar refractivity (Wildman–Crippen MR) is 40.2 cm³/mol. The molecule has 2 rings (SSSR count). The third-order valence-corrected chi connectivity index (χ3v) is 1.80. The highest BCUT2D eigenvalue weighted by Gasteiger charge is 2.09. The van der Waals surface area contributed by atoms with Gasteiger partial charge in [-0.1, -0.05) is 0 Å². The van der Waals surface area contributed by atoms with E-state index in [4.69, 9.17) is 0 Å². The highest BCUT2D eigenvalue weighted by molar-refractivity contribution is 5.52. The number of hydrogen-bond acceptors (Lipinski definition) is 3. The van der Waals surface area contributed by atoms with Crippen molar-refractivity contribution in [2.75, 3.05) is 0 Å². The topological polar surface area (TPSA) is 43.6 Å². The van der Waals surface area contributed by atoms with Crippen LogP contribution in [0.3, 0.4) is 0 Å². The van der Waals surface area contributed by atoms with Crippen LogP contribution in [-0.4, -0.2) is 19.5 Å². The van der Waals surface area contributed by atoms with Crippen LogP contribution in [0.2, 0.25) is 0 Å². The maximum absolute atomic E-state index is 4.09. The van der Waals surface area contributed by atoms with Crippen molar-refractivity contribution in [2.24, 2.45) is 7.05 Å². The zero-order valence-corrected chi connectivity index (χ0v) is 6.44. The monoisotopic (exact) mass is 148 g/mol. The third-order valence-electron chi connectivity index (χ3n) is 1.80. The number of aromatic nitrogens is 4. The first-order valence-electron chi connectivity index (χ1n) is 3.37. The summed E-state index contributed by atoms with van der Waals surface area (Å²) in [6.45, 7) is 2.00. The van der Waals surface area contributed by atoms with Crippen LogP contribution in [0.15, 0.2) is 12.7 Å². The molecule has 0 aromatic heterocycles. The van der Waals surface area contributed by atoms with Crippen LogP contribution in [-0.2, 0) is 7.05 Å². The Bertz CT molecular complexity index is 352. The maximum Gasteiger partial charge on any atom is 0.182 e. The SMILES string of the molecule is Cc1c2ncnc-2ncn1C. The van der Waals surface area contributed by atoms with Crippen molar-refractivity contribution in [3.63, 3.8) is 0 Å². The summed E-state index contributed by atoms with van der Waals surface area (Å²) in [6.07, 6.45) is 3.27. The summed E-state index contributed by atoms with van der Waals surface area (Å²) < 4.78 is 1.93. The molecule has 0 bridgehead atoms. The second-order valence-corrected chi connectivity index (χ2v) is 2.49. The summed E-state index contributed by atoms with van der Waals surface area (Å²) in [5.74, 6) is 0.723. The number of imidazole rings is 1. The fourth-order valence-corrected chi connectivity index (χ4v) is 1.00. The first-order valence-corrected chi connectivity index (χ1v) is 3.37. The molecule has 0 fully saturated rings. The summed E-state index contributed by atoms with van der Waals surface area (Å²) >= 11 is 0. The molecule has 2 aliphatic heterocycles. The molecule has 0 saturated carbocycles. The Morgan fingerprint density at radius 1 is 1.27 bits per heavy atom. The van der Waals surface area contributed by atoms with Crippen LogP contribution in [0.25, 0.3) is 11.5 Å². The quantitative estimate of drug-likeness (QED) is 0.550. The van der Waals surface area contributed by atoms with Crippen LogP contribution in [0, 0.1) is 6.92 Å². The molecule has 2 aliphatic rings. The summed E-state index contributed by atoms with van der Waals surface area (Å²) in [5.41, 5.74) is 1.97. The fraction of sp³-hybridized carbons (Fsp3) is 0.286. The highest BCUT2D eigenvalue weighted by Crippen LogP contribution is 2.16. The molecule has 2 heterocycles. The summed E-state index contributed by atoms with van der Waals surface area (Å²) in [4.78, 5) is 12.2. The second-order valence-electron chi connectivity index (χ2n) is 2.49. The van der Waals surface area contributed by atoms with E-state index >= 15 is 0 Å². The lowest BCUT2D eigenvalue weighted by Gasteiger charge is -2.05. The molecule has 0 atom stereocenters. The van der Waals surface area contributed by atoms with Crippen LogP contribution in [0.1, 0.15) is 5.69 Å². The van der Waals surface area contributed by atoms with Gasteiger partial charge in [-0.2, -0.15) is 0 Å². The van der Waals surface area contributed by atoms with E-state index in [-0.39, 0.29) is 0 Å². The lowest BCUT2D eigenvalue weighted by molar-refractivity contribution is 0.817. The first kappa shape index (κ1) is 6.27. The number of fused-ring (bicyclic) bond motifs is 1. The lowest BCUT2D eigenvalue weighted by atomic mass is 10.3. The van der Waals surface area contributed by atoms with Crippen LogP contribution >= 0.6 is 0 Å². The van der Waals surface area contributed by atoms with Gasteiger partial charge in [0.1, 0.15) is 12.0 Å². The minimum Gasteiger partial charge on any atom is -0.337 e. The molecular formula is C7H8N4. The molecule has 56 valence electrons. The summed E-state index contributed by atoms with van der Waals surface area (Å²) in [6, 6.07) is 0. The summed E-state index contributed by atoms with van der Waals surface area (Å²) in [7, 11) is 1.94. The van der Waals surface area contributed by atoms with Crippen LogP contribution < -0.4 is 0 Å². The van der Waals surface area contributed by atoms with E-state index in [1.165, 1.54) is 6.33 Å². The van der Waals surface area contributed by atoms with E-state index < -0.39 is 0 Å². The van der Waals surface area contributed by atoms with Gasteiger partial charge in [-0.15, -0.1) is 0 Å². The van der Waals surface area contributed by atoms with E-state index in [0.29, 0.717) is 0 Å². The molecule has 0 saturated heterocycles. The molecule has 0 unspecified atom stereocenters. The molecule has 0 amide bonds. The van der Waals surface area contributed by atoms with Crippen molar-refractivity contribution in [3.05, 3.63) is 18.3 Å². The Labute approximate surface area is 64.3 Å². The van der Waals surface area contributed by atoms with E-state index in [9.17, 15) is 0 Å². The van der Waals surface area contributed by atoms with Crippen molar-refractivity contribution in [1.29, 1.82) is 0 Å². The largest absolute Gasteiger partial charge is 0.337 e. The molecule has 4 heteroatoms. The van der Waals surface area contributed by atoms with E-state index in [2.05, 4.69) is 15.0 Å². The zero-order chi connectivity index (χ0) is 7.84. The molecule has 0 spiro atoms. The molecule has 0 aliphatic carbocycles. The zero-order valence-electron chi connectivity index (χ0n) is 6.44. The molecule has 0 aromatic rings. The highest BCUT2D eigenvalue weighted by atomic mass is 15.1. The van der Waals surface area contributed by atoms with Crippen molar-refractivity contribution in [3.8, 4) is 11.5 Å². The standard InChI is InChI=1S/C7H8N4/c1-5-6-7(9-3-8-6)10-4-11(5)2/h3-4H,1-2H3. The summed E-state index contributed by atoms with van der Waals surface area (Å²) in [5, 5.41) is 0. The number of hydrogen-bond donors (Lipinski definition) is 0. The lowest BCUT2D eigenvalue weighted by Crippen LogP contribution is -2.01. The molecule has 0 aromatic carbocycles. The molecule has 4 nitrogen and oxygen atoms in total. The Morgan fingerprint density at radius 2 is 2.09 bits per heavy atom. The Kier molecular flexibility index (Phi) is 1.15. The van der Waals surface area contributed by atoms with E-state index in [0.717, 1.165) is 17.2 Å². The fourth-order valence-electron chi connectivity index (χ4n) is 1.00. The normalized spacial score (nSPS) is 10.7. The molecule has 11 heavy (non-hydrogen) atoms. The third kappa shape index (κ3) is 0.790. The number of aryl methyl sites for hydroxylation is 1. The van der Waals surface area contributed by atoms with Gasteiger partial charge in [-0.3, -0.25) is 0 Å². The van der Waals surface area contributed by atoms with Crippen LogP contribution in [0.5, 0.6) is 0 Å². The Hall–Kier alpha value is -1.45. The van der Waals surface area contributed by atoms with Gasteiger partial charge in [0.15, 0.2) is 5.82 Å². The smallest absolute Gasteiger partial charge is 0.182 e. The van der Waals surface area contributed by atoms with Gasteiger partial charge in [0.25, 0.3) is 0 Å². The molecular weight excluding hydrogens is 140 g/mol. The molecule has 0 radical (unpaired) electrons. The first-order chi connectivity index (χ1) is 5.29. The van der Waals surface area contributed by atoms with Crippen LogP contribution in [0.4, 0.5) is 0 Å². The van der Waals surface area contributed by atoms with Gasteiger partial charge >= 0.3 is 0 Å². The van der Waals surface area contributed by atoms with Gasteiger partial charge in [0, 0.05) is 12.7 Å². The Morgan fingerprint density at radius 3 is 2.91 bits per heavy atom. The minimum atomic E-state index is 0.723.